The van der Waals surface area contributed by atoms with Crippen LogP contribution in [0.4, 0.5) is 0 Å². The number of sulfonamides is 2. The van der Waals surface area contributed by atoms with Crippen molar-refractivity contribution in [1.29, 1.82) is 0 Å². The molecule has 10 heteroatoms. The van der Waals surface area contributed by atoms with Crippen LogP contribution in [0.5, 0.6) is 0 Å². The maximum absolute atomic E-state index is 12.6. The number of hydrogen-bond donors (Lipinski definition) is 3. The molecular formula is C20H24N2O5S3. The van der Waals surface area contributed by atoms with Gasteiger partial charge in [0, 0.05) is 18.0 Å². The minimum Gasteiger partial charge on any atom is -0.387 e. The normalized spacial score (nSPS) is 13.5. The molecule has 0 radical (unpaired) electrons. The van der Waals surface area contributed by atoms with Gasteiger partial charge in [0.15, 0.2) is 0 Å². The van der Waals surface area contributed by atoms with Gasteiger partial charge in [-0.15, -0.1) is 11.3 Å². The van der Waals surface area contributed by atoms with E-state index in [0.29, 0.717) is 12.0 Å². The molecule has 0 spiro atoms. The Morgan fingerprint density at radius 2 is 1.70 bits per heavy atom. The van der Waals surface area contributed by atoms with Crippen molar-refractivity contribution in [3.63, 3.8) is 0 Å². The zero-order valence-corrected chi connectivity index (χ0v) is 18.9. The fourth-order valence-corrected chi connectivity index (χ4v) is 6.03. The fourth-order valence-electron chi connectivity index (χ4n) is 2.98. The lowest BCUT2D eigenvalue weighted by atomic mass is 10.0. The standard InChI is InChI=1S/C20H24N2O5S3/c1-2-29(24,25)21-13-12-16-10-11-20(28-16)30(26,27)22-14-19(23)18-9-5-7-15-6-3-4-8-17(15)18/h3-11,19,21-23H,2,12-14H2,1H3. The molecule has 3 N–H and O–H groups in total. The predicted octanol–water partition coefficient (Wildman–Crippen LogP) is 2.40. The molecule has 162 valence electrons. The van der Waals surface area contributed by atoms with E-state index >= 15 is 0 Å². The summed E-state index contributed by atoms with van der Waals surface area (Å²) >= 11 is 1.08. The molecule has 1 unspecified atom stereocenters. The number of rotatable bonds is 10. The highest BCUT2D eigenvalue weighted by atomic mass is 32.2. The van der Waals surface area contributed by atoms with Crippen LogP contribution in [-0.4, -0.2) is 40.8 Å². The molecule has 1 aromatic heterocycles. The number of aliphatic hydroxyl groups excluding tert-OH is 1. The first-order valence-electron chi connectivity index (χ1n) is 9.43. The van der Waals surface area contributed by atoms with Gasteiger partial charge in [0.2, 0.25) is 20.0 Å². The van der Waals surface area contributed by atoms with Crippen LogP contribution in [0.1, 0.15) is 23.5 Å². The Balaban J connectivity index is 1.63. The Bertz CT molecular complexity index is 1210. The molecule has 0 aliphatic rings. The largest absolute Gasteiger partial charge is 0.387 e. The first-order chi connectivity index (χ1) is 14.2. The van der Waals surface area contributed by atoms with Crippen molar-refractivity contribution in [3.05, 3.63) is 65.0 Å². The van der Waals surface area contributed by atoms with Gasteiger partial charge in [-0.3, -0.25) is 0 Å². The lowest BCUT2D eigenvalue weighted by Crippen LogP contribution is -2.28. The average Bonchev–Trinajstić information content (AvgIpc) is 3.21. The van der Waals surface area contributed by atoms with E-state index in [2.05, 4.69) is 9.44 Å². The number of hydrogen-bond acceptors (Lipinski definition) is 6. The van der Waals surface area contributed by atoms with Gasteiger partial charge in [-0.05, 0) is 41.8 Å². The third-order valence-electron chi connectivity index (χ3n) is 4.62. The third-order valence-corrected chi connectivity index (χ3v) is 9.09. The highest BCUT2D eigenvalue weighted by molar-refractivity contribution is 7.91. The molecular weight excluding hydrogens is 444 g/mol. The van der Waals surface area contributed by atoms with Crippen LogP contribution in [0.15, 0.2) is 58.8 Å². The zero-order chi connectivity index (χ0) is 21.8. The Hall–Kier alpha value is -1.82. The van der Waals surface area contributed by atoms with Crippen LogP contribution in [0.25, 0.3) is 10.8 Å². The smallest absolute Gasteiger partial charge is 0.250 e. The molecule has 0 fully saturated rings. The second-order valence-electron chi connectivity index (χ2n) is 6.70. The van der Waals surface area contributed by atoms with Gasteiger partial charge in [0.05, 0.1) is 11.9 Å². The van der Waals surface area contributed by atoms with Gasteiger partial charge in [-0.25, -0.2) is 26.3 Å². The summed E-state index contributed by atoms with van der Waals surface area (Å²) in [6.45, 7) is 1.61. The van der Waals surface area contributed by atoms with E-state index in [0.717, 1.165) is 27.0 Å². The SMILES string of the molecule is CCS(=O)(=O)NCCc1ccc(S(=O)(=O)NCC(O)c2cccc3ccccc23)s1. The third kappa shape index (κ3) is 5.65. The Morgan fingerprint density at radius 1 is 0.967 bits per heavy atom. The molecule has 0 aliphatic heterocycles. The molecule has 0 bridgehead atoms. The van der Waals surface area contributed by atoms with Crippen molar-refractivity contribution < 1.29 is 21.9 Å². The van der Waals surface area contributed by atoms with Crippen molar-refractivity contribution in [2.75, 3.05) is 18.8 Å². The predicted molar refractivity (Wildman–Crippen MR) is 120 cm³/mol. The second kappa shape index (κ2) is 9.54. The summed E-state index contributed by atoms with van der Waals surface area (Å²) in [5.41, 5.74) is 0.658. The van der Waals surface area contributed by atoms with Crippen molar-refractivity contribution >= 4 is 42.2 Å². The van der Waals surface area contributed by atoms with E-state index < -0.39 is 26.2 Å². The van der Waals surface area contributed by atoms with E-state index in [4.69, 9.17) is 0 Å². The van der Waals surface area contributed by atoms with Crippen molar-refractivity contribution in [2.45, 2.75) is 23.7 Å². The number of benzene rings is 2. The molecule has 0 aliphatic carbocycles. The van der Waals surface area contributed by atoms with Crippen molar-refractivity contribution in [1.82, 2.24) is 9.44 Å². The maximum atomic E-state index is 12.6. The molecule has 30 heavy (non-hydrogen) atoms. The summed E-state index contributed by atoms with van der Waals surface area (Å²) in [6.07, 6.45) is -0.591. The van der Waals surface area contributed by atoms with Crippen LogP contribution >= 0.6 is 11.3 Å². The zero-order valence-electron chi connectivity index (χ0n) is 16.4. The van der Waals surface area contributed by atoms with E-state index in [-0.39, 0.29) is 23.1 Å². The van der Waals surface area contributed by atoms with Gasteiger partial charge in [-0.2, -0.15) is 0 Å². The number of aliphatic hydroxyl groups is 1. The summed E-state index contributed by atoms with van der Waals surface area (Å²) in [7, 11) is -7.06. The molecule has 1 heterocycles. The lowest BCUT2D eigenvalue weighted by molar-refractivity contribution is 0.183. The second-order valence-corrected chi connectivity index (χ2v) is 12.0. The maximum Gasteiger partial charge on any atom is 0.250 e. The van der Waals surface area contributed by atoms with E-state index in [1.165, 1.54) is 6.07 Å². The molecule has 1 atom stereocenters. The van der Waals surface area contributed by atoms with Crippen LogP contribution < -0.4 is 9.44 Å². The van der Waals surface area contributed by atoms with Crippen molar-refractivity contribution in [2.24, 2.45) is 0 Å². The van der Waals surface area contributed by atoms with Gasteiger partial charge in [0.25, 0.3) is 0 Å². The molecule has 3 rings (SSSR count). The quantitative estimate of drug-likeness (QED) is 0.423. The summed E-state index contributed by atoms with van der Waals surface area (Å²) in [6, 6.07) is 16.3. The molecule has 0 saturated carbocycles. The molecule has 3 aromatic rings. The first kappa shape index (κ1) is 22.9. The van der Waals surface area contributed by atoms with E-state index in [1.807, 2.05) is 36.4 Å². The first-order valence-corrected chi connectivity index (χ1v) is 13.4. The Labute approximate surface area is 180 Å². The fraction of sp³-hybridized carbons (Fsp3) is 0.300. The van der Waals surface area contributed by atoms with E-state index in [1.54, 1.807) is 19.1 Å². The Morgan fingerprint density at radius 3 is 2.47 bits per heavy atom. The summed E-state index contributed by atoms with van der Waals surface area (Å²) in [5.74, 6) is 0.0000165. The number of nitrogens with one attached hydrogen (secondary N) is 2. The summed E-state index contributed by atoms with van der Waals surface area (Å²) in [4.78, 5) is 0.753. The molecule has 7 nitrogen and oxygen atoms in total. The molecule has 2 aromatic carbocycles. The van der Waals surface area contributed by atoms with E-state index in [9.17, 15) is 21.9 Å². The van der Waals surface area contributed by atoms with Crippen LogP contribution in [-0.2, 0) is 26.5 Å². The highest BCUT2D eigenvalue weighted by Crippen LogP contribution is 2.25. The number of thiophene rings is 1. The van der Waals surface area contributed by atoms with Gasteiger partial charge < -0.3 is 5.11 Å². The molecule has 0 amide bonds. The lowest BCUT2D eigenvalue weighted by Gasteiger charge is -2.14. The van der Waals surface area contributed by atoms with Crippen molar-refractivity contribution in [3.8, 4) is 0 Å². The van der Waals surface area contributed by atoms with Gasteiger partial charge >= 0.3 is 0 Å². The van der Waals surface area contributed by atoms with Crippen LogP contribution in [0.2, 0.25) is 0 Å². The monoisotopic (exact) mass is 468 g/mol. The molecule has 0 saturated heterocycles. The topological polar surface area (TPSA) is 113 Å². The van der Waals surface area contributed by atoms with Gasteiger partial charge in [-0.1, -0.05) is 42.5 Å². The van der Waals surface area contributed by atoms with Crippen LogP contribution in [0.3, 0.4) is 0 Å². The average molecular weight is 469 g/mol. The summed E-state index contributed by atoms with van der Waals surface area (Å²) in [5, 5.41) is 12.4. The highest BCUT2D eigenvalue weighted by Gasteiger charge is 2.20. The van der Waals surface area contributed by atoms with Crippen LogP contribution in [0, 0.1) is 0 Å². The Kier molecular flexibility index (Phi) is 7.27. The minimum absolute atomic E-state index is 0.0000165. The summed E-state index contributed by atoms with van der Waals surface area (Å²) < 4.78 is 53.2. The van der Waals surface area contributed by atoms with Gasteiger partial charge in [0.1, 0.15) is 4.21 Å². The number of fused-ring (bicyclic) bond motifs is 1. The minimum atomic E-state index is -3.78.